The molecular weight excluding hydrogens is 364 g/mol. The fourth-order valence-corrected chi connectivity index (χ4v) is 4.05. The molecule has 0 heterocycles. The van der Waals surface area contributed by atoms with E-state index < -0.39 is 17.8 Å². The lowest BCUT2D eigenvalue weighted by Crippen LogP contribution is -2.38. The number of aliphatic hydroxyl groups is 1. The third-order valence-corrected chi connectivity index (χ3v) is 5.40. The van der Waals surface area contributed by atoms with Gasteiger partial charge in [-0.1, -0.05) is 6.07 Å². The van der Waals surface area contributed by atoms with Crippen molar-refractivity contribution in [3.8, 4) is 23.0 Å². The number of benzene rings is 2. The van der Waals surface area contributed by atoms with Crippen molar-refractivity contribution in [2.45, 2.75) is 12.3 Å². The first-order valence-electron chi connectivity index (χ1n) is 8.90. The highest BCUT2D eigenvalue weighted by Crippen LogP contribution is 2.48. The Balaban J connectivity index is 2.24. The Morgan fingerprint density at radius 1 is 1.04 bits per heavy atom. The zero-order chi connectivity index (χ0) is 20.4. The molecule has 0 amide bonds. The molecule has 0 saturated heterocycles. The van der Waals surface area contributed by atoms with E-state index in [-0.39, 0.29) is 29.8 Å². The minimum atomic E-state index is -0.662. The van der Waals surface area contributed by atoms with Crippen LogP contribution < -0.4 is 9.47 Å². The Labute approximate surface area is 163 Å². The summed E-state index contributed by atoms with van der Waals surface area (Å²) < 4.78 is 15.5. The Kier molecular flexibility index (Phi) is 5.65. The highest BCUT2D eigenvalue weighted by Gasteiger charge is 2.43. The van der Waals surface area contributed by atoms with Crippen molar-refractivity contribution in [1.82, 2.24) is 0 Å². The molecule has 28 heavy (non-hydrogen) atoms. The van der Waals surface area contributed by atoms with Gasteiger partial charge in [0.15, 0.2) is 23.0 Å². The summed E-state index contributed by atoms with van der Waals surface area (Å²) in [4.78, 5) is 12.7. The molecule has 0 radical (unpaired) electrons. The molecule has 0 saturated carbocycles. The molecule has 1 aliphatic carbocycles. The molecule has 7 nitrogen and oxygen atoms in total. The van der Waals surface area contributed by atoms with Crippen molar-refractivity contribution in [3.05, 3.63) is 47.0 Å². The van der Waals surface area contributed by atoms with Gasteiger partial charge in [-0.15, -0.1) is 0 Å². The Hall–Kier alpha value is -2.93. The van der Waals surface area contributed by atoms with E-state index in [0.29, 0.717) is 17.7 Å². The number of aliphatic hydroxyl groups excluding tert-OH is 1. The van der Waals surface area contributed by atoms with Gasteiger partial charge in [-0.25, -0.2) is 0 Å². The number of carbonyl (C=O) groups is 1. The molecule has 3 atom stereocenters. The van der Waals surface area contributed by atoms with Crippen LogP contribution in [0.4, 0.5) is 0 Å². The first kappa shape index (κ1) is 19.8. The van der Waals surface area contributed by atoms with Crippen molar-refractivity contribution in [2.75, 3.05) is 27.9 Å². The van der Waals surface area contributed by atoms with Crippen molar-refractivity contribution >= 4 is 5.97 Å². The number of rotatable bonds is 5. The first-order valence-corrected chi connectivity index (χ1v) is 8.90. The van der Waals surface area contributed by atoms with Crippen LogP contribution in [0.1, 0.15) is 22.6 Å². The maximum absolute atomic E-state index is 12.7. The van der Waals surface area contributed by atoms with Crippen LogP contribution in [0, 0.1) is 11.8 Å². The summed E-state index contributed by atoms with van der Waals surface area (Å²) in [6.45, 7) is -0.200. The van der Waals surface area contributed by atoms with Crippen LogP contribution in [0.3, 0.4) is 0 Å². The van der Waals surface area contributed by atoms with Gasteiger partial charge in [0.25, 0.3) is 0 Å². The van der Waals surface area contributed by atoms with E-state index in [1.165, 1.54) is 27.4 Å². The van der Waals surface area contributed by atoms with Gasteiger partial charge in [0.1, 0.15) is 0 Å². The number of methoxy groups -OCH3 is 3. The quantitative estimate of drug-likeness (QED) is 0.674. The SMILES string of the molecule is COC(=O)C1C(CO)Cc2cc(OC)c(O)cc2C1c1ccc(O)c(OC)c1. The van der Waals surface area contributed by atoms with Gasteiger partial charge in [-0.05, 0) is 47.4 Å². The van der Waals surface area contributed by atoms with Crippen molar-refractivity contribution in [3.63, 3.8) is 0 Å². The summed E-state index contributed by atoms with van der Waals surface area (Å²) >= 11 is 0. The van der Waals surface area contributed by atoms with Gasteiger partial charge in [-0.3, -0.25) is 4.79 Å². The summed E-state index contributed by atoms with van der Waals surface area (Å²) in [5, 5.41) is 30.2. The summed E-state index contributed by atoms with van der Waals surface area (Å²) in [5.74, 6) is -1.45. The molecule has 3 rings (SSSR count). The van der Waals surface area contributed by atoms with Crippen LogP contribution in [0.2, 0.25) is 0 Å². The van der Waals surface area contributed by atoms with Gasteiger partial charge >= 0.3 is 5.97 Å². The second kappa shape index (κ2) is 7.98. The molecule has 0 aromatic heterocycles. The lowest BCUT2D eigenvalue weighted by atomic mass is 9.66. The molecule has 7 heteroatoms. The van der Waals surface area contributed by atoms with Gasteiger partial charge < -0.3 is 29.5 Å². The number of ether oxygens (including phenoxy) is 3. The average Bonchev–Trinajstić information content (AvgIpc) is 2.71. The minimum Gasteiger partial charge on any atom is -0.504 e. The average molecular weight is 388 g/mol. The fourth-order valence-electron chi connectivity index (χ4n) is 4.05. The van der Waals surface area contributed by atoms with E-state index in [0.717, 1.165) is 11.1 Å². The monoisotopic (exact) mass is 388 g/mol. The third-order valence-electron chi connectivity index (χ3n) is 5.40. The predicted molar refractivity (Wildman–Crippen MR) is 101 cm³/mol. The number of phenolic OH excluding ortho intramolecular Hbond substituents is 2. The zero-order valence-electron chi connectivity index (χ0n) is 16.0. The third kappa shape index (κ3) is 3.33. The smallest absolute Gasteiger partial charge is 0.310 e. The number of fused-ring (bicyclic) bond motifs is 1. The van der Waals surface area contributed by atoms with E-state index >= 15 is 0 Å². The van der Waals surface area contributed by atoms with Crippen LogP contribution in [-0.4, -0.2) is 49.2 Å². The summed E-state index contributed by atoms with van der Waals surface area (Å²) in [6.07, 6.45) is 0.438. The molecule has 0 spiro atoms. The number of phenols is 2. The van der Waals surface area contributed by atoms with Crippen molar-refractivity contribution in [2.24, 2.45) is 11.8 Å². The maximum Gasteiger partial charge on any atom is 0.310 e. The predicted octanol–water partition coefficient (Wildman–Crippen LogP) is 2.20. The van der Waals surface area contributed by atoms with Crippen molar-refractivity contribution in [1.29, 1.82) is 0 Å². The number of carbonyl (C=O) groups excluding carboxylic acids is 1. The van der Waals surface area contributed by atoms with E-state index in [4.69, 9.17) is 14.2 Å². The second-order valence-electron chi connectivity index (χ2n) is 6.83. The number of hydrogen-bond donors (Lipinski definition) is 3. The van der Waals surface area contributed by atoms with Gasteiger partial charge in [-0.2, -0.15) is 0 Å². The Morgan fingerprint density at radius 2 is 1.71 bits per heavy atom. The normalized spacial score (nSPS) is 20.9. The Bertz CT molecular complexity index is 877. The van der Waals surface area contributed by atoms with Crippen LogP contribution in [-0.2, 0) is 16.0 Å². The van der Waals surface area contributed by atoms with Crippen molar-refractivity contribution < 1.29 is 34.3 Å². The number of aromatic hydroxyl groups is 2. The molecule has 2 aromatic carbocycles. The molecule has 3 unspecified atom stereocenters. The zero-order valence-corrected chi connectivity index (χ0v) is 16.0. The maximum atomic E-state index is 12.7. The van der Waals surface area contributed by atoms with E-state index in [1.807, 2.05) is 0 Å². The lowest BCUT2D eigenvalue weighted by Gasteiger charge is -2.38. The van der Waals surface area contributed by atoms with Gasteiger partial charge in [0.05, 0.1) is 27.2 Å². The fraction of sp³-hybridized carbons (Fsp3) is 0.381. The van der Waals surface area contributed by atoms with Crippen LogP contribution in [0.15, 0.2) is 30.3 Å². The van der Waals surface area contributed by atoms with Crippen LogP contribution in [0.5, 0.6) is 23.0 Å². The van der Waals surface area contributed by atoms with E-state index in [2.05, 4.69) is 0 Å². The summed E-state index contributed by atoms with van der Waals surface area (Å²) in [5.41, 5.74) is 2.31. The summed E-state index contributed by atoms with van der Waals surface area (Å²) in [7, 11) is 4.22. The highest BCUT2D eigenvalue weighted by molar-refractivity contribution is 5.76. The molecule has 1 aliphatic rings. The van der Waals surface area contributed by atoms with E-state index in [9.17, 15) is 20.1 Å². The molecule has 0 fully saturated rings. The second-order valence-corrected chi connectivity index (χ2v) is 6.83. The first-order chi connectivity index (χ1) is 13.4. The lowest BCUT2D eigenvalue weighted by molar-refractivity contribution is -0.149. The molecule has 3 N–H and O–H groups in total. The standard InChI is InChI=1S/C21H24O7/c1-26-17-7-11(4-5-15(17)23)19-14-9-16(24)18(27-2)8-12(14)6-13(10-22)20(19)21(25)28-3/h4-5,7-9,13,19-20,22-24H,6,10H2,1-3H3. The molecule has 150 valence electrons. The van der Waals surface area contributed by atoms with E-state index in [1.54, 1.807) is 24.3 Å². The van der Waals surface area contributed by atoms with Gasteiger partial charge in [0, 0.05) is 18.4 Å². The number of esters is 1. The minimum absolute atomic E-state index is 0.0202. The highest BCUT2D eigenvalue weighted by atomic mass is 16.5. The largest absolute Gasteiger partial charge is 0.504 e. The van der Waals surface area contributed by atoms with Crippen LogP contribution in [0.25, 0.3) is 0 Å². The van der Waals surface area contributed by atoms with Gasteiger partial charge in [0.2, 0.25) is 0 Å². The molecular formula is C21H24O7. The molecule has 2 aromatic rings. The topological polar surface area (TPSA) is 105 Å². The molecule has 0 bridgehead atoms. The van der Waals surface area contributed by atoms with Crippen LogP contribution >= 0.6 is 0 Å². The summed E-state index contributed by atoms with van der Waals surface area (Å²) in [6, 6.07) is 8.16. The Morgan fingerprint density at radius 3 is 2.32 bits per heavy atom. The molecule has 0 aliphatic heterocycles. The number of hydrogen-bond acceptors (Lipinski definition) is 7.